The molecule has 118 valence electrons. The average molecular weight is 304 g/mol. The van der Waals surface area contributed by atoms with E-state index in [9.17, 15) is 4.79 Å². The molecule has 0 saturated heterocycles. The molecule has 0 aromatic heterocycles. The van der Waals surface area contributed by atoms with Crippen LogP contribution in [-0.2, 0) is 23.4 Å². The molecule has 0 aliphatic carbocycles. The van der Waals surface area contributed by atoms with Crippen molar-refractivity contribution in [2.45, 2.75) is 45.5 Å². The SMILES string of the molecule is C=CC(=O)OC(C)CC[Si](C)(C)OCOCCOCC. The lowest BCUT2D eigenvalue weighted by molar-refractivity contribution is -0.142. The maximum absolute atomic E-state index is 11.1. The van der Waals surface area contributed by atoms with Gasteiger partial charge >= 0.3 is 5.97 Å². The molecule has 0 N–H and O–H groups in total. The van der Waals surface area contributed by atoms with E-state index in [1.54, 1.807) is 0 Å². The summed E-state index contributed by atoms with van der Waals surface area (Å²) in [7, 11) is -1.78. The van der Waals surface area contributed by atoms with Crippen LogP contribution in [0.4, 0.5) is 0 Å². The highest BCUT2D eigenvalue weighted by molar-refractivity contribution is 6.71. The highest BCUT2D eigenvalue weighted by Crippen LogP contribution is 2.16. The standard InChI is InChI=1S/C14H28O5Si/c1-6-14(15)19-13(3)8-11-20(4,5)18-12-17-10-9-16-7-2/h6,13H,1,7-12H2,2-5H3. The number of rotatable bonds is 12. The second kappa shape index (κ2) is 11.0. The lowest BCUT2D eigenvalue weighted by Crippen LogP contribution is -2.33. The number of ether oxygens (including phenoxy) is 3. The van der Waals surface area contributed by atoms with Gasteiger partial charge in [-0.25, -0.2) is 4.79 Å². The van der Waals surface area contributed by atoms with Crippen molar-refractivity contribution in [2.75, 3.05) is 26.6 Å². The fourth-order valence-corrected chi connectivity index (χ4v) is 3.10. The summed E-state index contributed by atoms with van der Waals surface area (Å²) >= 11 is 0. The Morgan fingerprint density at radius 3 is 2.55 bits per heavy atom. The van der Waals surface area contributed by atoms with Gasteiger partial charge in [-0.1, -0.05) is 6.58 Å². The molecule has 0 aliphatic heterocycles. The highest BCUT2D eigenvalue weighted by Gasteiger charge is 2.23. The Bertz CT molecular complexity index is 281. The van der Waals surface area contributed by atoms with Gasteiger partial charge in [0.1, 0.15) is 6.79 Å². The topological polar surface area (TPSA) is 54.0 Å². The monoisotopic (exact) mass is 304 g/mol. The van der Waals surface area contributed by atoms with Crippen molar-refractivity contribution in [2.24, 2.45) is 0 Å². The Kier molecular flexibility index (Phi) is 10.6. The molecule has 0 amide bonds. The van der Waals surface area contributed by atoms with E-state index in [0.29, 0.717) is 26.6 Å². The summed E-state index contributed by atoms with van der Waals surface area (Å²) < 4.78 is 21.4. The molecule has 20 heavy (non-hydrogen) atoms. The average Bonchev–Trinajstić information content (AvgIpc) is 2.40. The van der Waals surface area contributed by atoms with Gasteiger partial charge in [-0.3, -0.25) is 0 Å². The summed E-state index contributed by atoms with van der Waals surface area (Å²) in [6.07, 6.45) is 1.86. The van der Waals surface area contributed by atoms with Crippen molar-refractivity contribution >= 4 is 14.3 Å². The summed E-state index contributed by atoms with van der Waals surface area (Å²) in [5, 5.41) is 0. The summed E-state index contributed by atoms with van der Waals surface area (Å²) in [6.45, 7) is 13.6. The molecule has 0 spiro atoms. The molecule has 0 saturated carbocycles. The van der Waals surface area contributed by atoms with Crippen LogP contribution in [0.2, 0.25) is 19.1 Å². The number of carbonyl (C=O) groups is 1. The largest absolute Gasteiger partial charge is 0.460 e. The molecule has 0 aromatic carbocycles. The summed E-state index contributed by atoms with van der Waals surface area (Å²) in [5.41, 5.74) is 0. The first-order valence-corrected chi connectivity index (χ1v) is 10.1. The van der Waals surface area contributed by atoms with Crippen LogP contribution >= 0.6 is 0 Å². The van der Waals surface area contributed by atoms with Gasteiger partial charge in [0.2, 0.25) is 0 Å². The minimum Gasteiger partial charge on any atom is -0.460 e. The first-order chi connectivity index (χ1) is 9.41. The van der Waals surface area contributed by atoms with E-state index in [2.05, 4.69) is 19.7 Å². The number of carbonyl (C=O) groups excluding carboxylic acids is 1. The zero-order valence-electron chi connectivity index (χ0n) is 13.1. The summed E-state index contributed by atoms with van der Waals surface area (Å²) in [5.74, 6) is -0.378. The van der Waals surface area contributed by atoms with E-state index in [1.165, 1.54) is 6.08 Å². The van der Waals surface area contributed by atoms with Crippen molar-refractivity contribution in [3.63, 3.8) is 0 Å². The van der Waals surface area contributed by atoms with Gasteiger partial charge < -0.3 is 18.6 Å². The number of hydrogen-bond acceptors (Lipinski definition) is 5. The van der Waals surface area contributed by atoms with E-state index < -0.39 is 8.32 Å². The minimum atomic E-state index is -1.78. The Morgan fingerprint density at radius 2 is 1.95 bits per heavy atom. The van der Waals surface area contributed by atoms with Crippen LogP contribution < -0.4 is 0 Å². The molecule has 0 bridgehead atoms. The van der Waals surface area contributed by atoms with E-state index in [4.69, 9.17) is 18.6 Å². The Hall–Kier alpha value is -0.693. The van der Waals surface area contributed by atoms with Crippen LogP contribution in [0.5, 0.6) is 0 Å². The van der Waals surface area contributed by atoms with Crippen LogP contribution in [0.15, 0.2) is 12.7 Å². The first-order valence-electron chi connectivity index (χ1n) is 7.03. The fourth-order valence-electron chi connectivity index (χ4n) is 1.45. The van der Waals surface area contributed by atoms with Gasteiger partial charge in [-0.15, -0.1) is 0 Å². The molecule has 6 heteroatoms. The summed E-state index contributed by atoms with van der Waals surface area (Å²) in [6, 6.07) is 0.910. The van der Waals surface area contributed by atoms with Crippen molar-refractivity contribution in [3.05, 3.63) is 12.7 Å². The van der Waals surface area contributed by atoms with Gasteiger partial charge in [0.25, 0.3) is 0 Å². The van der Waals surface area contributed by atoms with Crippen molar-refractivity contribution in [1.29, 1.82) is 0 Å². The minimum absolute atomic E-state index is 0.116. The van der Waals surface area contributed by atoms with Crippen LogP contribution in [0.25, 0.3) is 0 Å². The normalized spacial score (nSPS) is 13.0. The molecule has 0 rings (SSSR count). The van der Waals surface area contributed by atoms with Crippen molar-refractivity contribution in [1.82, 2.24) is 0 Å². The fraction of sp³-hybridized carbons (Fsp3) is 0.786. The lowest BCUT2D eigenvalue weighted by atomic mass is 10.3. The Balaban J connectivity index is 3.72. The van der Waals surface area contributed by atoms with Crippen LogP contribution in [0.1, 0.15) is 20.3 Å². The molecule has 0 aromatic rings. The van der Waals surface area contributed by atoms with Crippen LogP contribution in [0.3, 0.4) is 0 Å². The molecule has 0 fully saturated rings. The van der Waals surface area contributed by atoms with E-state index in [1.807, 2.05) is 13.8 Å². The Morgan fingerprint density at radius 1 is 1.30 bits per heavy atom. The second-order valence-electron chi connectivity index (χ2n) is 5.12. The molecule has 0 radical (unpaired) electrons. The molecular formula is C14H28O5Si. The molecule has 1 atom stereocenters. The van der Waals surface area contributed by atoms with Crippen molar-refractivity contribution < 1.29 is 23.4 Å². The van der Waals surface area contributed by atoms with Gasteiger partial charge in [0.15, 0.2) is 8.32 Å². The van der Waals surface area contributed by atoms with E-state index in [0.717, 1.165) is 12.5 Å². The Labute approximate surface area is 123 Å². The lowest BCUT2D eigenvalue weighted by Gasteiger charge is -2.24. The quantitative estimate of drug-likeness (QED) is 0.182. The van der Waals surface area contributed by atoms with Crippen LogP contribution in [-0.4, -0.2) is 47.0 Å². The van der Waals surface area contributed by atoms with Gasteiger partial charge in [0, 0.05) is 12.7 Å². The maximum Gasteiger partial charge on any atom is 0.330 e. The van der Waals surface area contributed by atoms with Crippen molar-refractivity contribution in [3.8, 4) is 0 Å². The zero-order valence-corrected chi connectivity index (χ0v) is 14.1. The second-order valence-corrected chi connectivity index (χ2v) is 9.43. The number of hydrogen-bond donors (Lipinski definition) is 0. The molecule has 5 nitrogen and oxygen atoms in total. The van der Waals surface area contributed by atoms with E-state index >= 15 is 0 Å². The highest BCUT2D eigenvalue weighted by atomic mass is 28.4. The third kappa shape index (κ3) is 11.2. The summed E-state index contributed by atoms with van der Waals surface area (Å²) in [4.78, 5) is 11.1. The molecule has 0 heterocycles. The van der Waals surface area contributed by atoms with Gasteiger partial charge in [0.05, 0.1) is 19.3 Å². The van der Waals surface area contributed by atoms with Crippen LogP contribution in [0, 0.1) is 0 Å². The number of esters is 1. The maximum atomic E-state index is 11.1. The smallest absolute Gasteiger partial charge is 0.330 e. The van der Waals surface area contributed by atoms with Gasteiger partial charge in [-0.2, -0.15) is 0 Å². The third-order valence-corrected chi connectivity index (χ3v) is 5.14. The first kappa shape index (κ1) is 19.3. The molecule has 0 aliphatic rings. The molecule has 1 unspecified atom stereocenters. The van der Waals surface area contributed by atoms with E-state index in [-0.39, 0.29) is 12.1 Å². The molecular weight excluding hydrogens is 276 g/mol. The van der Waals surface area contributed by atoms with Gasteiger partial charge in [-0.05, 0) is 39.4 Å². The predicted octanol–water partition coefficient (Wildman–Crippen LogP) is 2.73. The third-order valence-electron chi connectivity index (χ3n) is 2.75. The zero-order chi connectivity index (χ0) is 15.4. The predicted molar refractivity (Wildman–Crippen MR) is 81.1 cm³/mol.